The Kier molecular flexibility index (Phi) is 21.5. The molecule has 19 atom stereocenters. The Morgan fingerprint density at radius 2 is 1.57 bits per heavy atom. The minimum absolute atomic E-state index is 0.0936. The number of amides is 2. The van der Waals surface area contributed by atoms with E-state index in [0.717, 1.165) is 0 Å². The molecule has 5 aliphatic rings. The van der Waals surface area contributed by atoms with Gasteiger partial charge in [0.1, 0.15) is 41.6 Å². The van der Waals surface area contributed by atoms with Crippen LogP contribution in [0.2, 0.25) is 0 Å². The molecule has 0 radical (unpaired) electrons. The van der Waals surface area contributed by atoms with Gasteiger partial charge >= 0.3 is 12.1 Å². The van der Waals surface area contributed by atoms with Gasteiger partial charge in [-0.3, -0.25) is 19.3 Å². The number of methoxy groups -OCH3 is 1. The molecule has 5 heterocycles. The maximum absolute atomic E-state index is 14.4. The van der Waals surface area contributed by atoms with E-state index in [1.807, 2.05) is 30.8 Å². The Labute approximate surface area is 441 Å². The van der Waals surface area contributed by atoms with Gasteiger partial charge in [0, 0.05) is 57.3 Å². The number of carbonyl (C=O) groups is 4. The number of esters is 1. The average molecular weight is 1070 g/mol. The monoisotopic (exact) mass is 1070 g/mol. The first-order chi connectivity index (χ1) is 35.0. The molecule has 0 saturated carbocycles. The third kappa shape index (κ3) is 14.7. The molecular formula is C53H87FN4O17. The number of nitrogens with one attached hydrogen (secondary N) is 1. The number of hydrogen-bond donors (Lipinski definition) is 6. The van der Waals surface area contributed by atoms with Crippen molar-refractivity contribution in [2.24, 2.45) is 23.7 Å². The molecule has 1 aromatic rings. The van der Waals surface area contributed by atoms with Crippen LogP contribution in [0.1, 0.15) is 102 Å². The van der Waals surface area contributed by atoms with E-state index in [0.29, 0.717) is 44.1 Å². The van der Waals surface area contributed by atoms with Crippen molar-refractivity contribution in [1.82, 2.24) is 10.2 Å². The van der Waals surface area contributed by atoms with Gasteiger partial charge in [-0.05, 0) is 93.1 Å². The standard InChI is InChI=1S/C37H67NO13.C16H20FN3O4/c1-14-25-37(10,45)30(41)20(4)27(39)18(2)16-35(8,44)32(51-34-28(40)24(38(11)12)15-19(3)47-34)21(5)29(22(6)33(43)49-25)50-26-17-36(9,46-13)31(42)23(7)48-26;1-11(21)18-9-13-10-20(16(22)24-13)12-2-3-15(14(17)8-12)19-4-6-23-7-5-19/h18-26,28-32,34,40-42,44-45H,14-17H2,1-13H3;2-3,8,13H,4-7,9-10H2,1H3,(H,18,21)/t18-,19-,20+,21+,22-,23+,24+,25-,26+,28-,29+,30-,31+,32-,34+,35-,36-,37-;13-/m10/s1. The first kappa shape index (κ1) is 62.2. The number of carbonyl (C=O) groups excluding carboxylic acids is 4. The molecule has 0 spiro atoms. The van der Waals surface area contributed by atoms with Crippen molar-refractivity contribution >= 4 is 35.1 Å². The van der Waals surface area contributed by atoms with E-state index in [1.54, 1.807) is 53.7 Å². The van der Waals surface area contributed by atoms with Crippen LogP contribution in [-0.2, 0) is 52.3 Å². The topological polar surface area (TPSA) is 265 Å². The minimum atomic E-state index is -1.99. The van der Waals surface area contributed by atoms with Crippen LogP contribution >= 0.6 is 0 Å². The summed E-state index contributed by atoms with van der Waals surface area (Å²) in [7, 11) is 5.18. The quantitative estimate of drug-likeness (QED) is 0.174. The molecule has 22 heteroatoms. The molecule has 2 amide bonds. The number of Topliss-reactive ketones (excluding diaryl/α,β-unsaturated/α-hetero) is 1. The summed E-state index contributed by atoms with van der Waals surface area (Å²) in [6.45, 7) is 20.7. The van der Waals surface area contributed by atoms with Gasteiger partial charge in [0.25, 0.3) is 0 Å². The summed E-state index contributed by atoms with van der Waals surface area (Å²) in [5.74, 6) is -5.55. The van der Waals surface area contributed by atoms with Gasteiger partial charge in [-0.2, -0.15) is 0 Å². The molecule has 75 heavy (non-hydrogen) atoms. The van der Waals surface area contributed by atoms with Gasteiger partial charge < -0.3 is 78.5 Å². The van der Waals surface area contributed by atoms with Crippen LogP contribution in [0.3, 0.4) is 0 Å². The van der Waals surface area contributed by atoms with Gasteiger partial charge in [0.2, 0.25) is 5.91 Å². The largest absolute Gasteiger partial charge is 0.459 e. The van der Waals surface area contributed by atoms with E-state index in [4.69, 9.17) is 37.9 Å². The number of morpholine rings is 1. The molecule has 5 aliphatic heterocycles. The van der Waals surface area contributed by atoms with E-state index in [9.17, 15) is 49.1 Å². The highest BCUT2D eigenvalue weighted by molar-refractivity contribution is 5.90. The summed E-state index contributed by atoms with van der Waals surface area (Å²) < 4.78 is 62.0. The number of anilines is 2. The molecule has 1 aromatic carbocycles. The summed E-state index contributed by atoms with van der Waals surface area (Å²) in [5.41, 5.74) is -3.89. The van der Waals surface area contributed by atoms with E-state index < -0.39 is 120 Å². The van der Waals surface area contributed by atoms with Gasteiger partial charge in [-0.25, -0.2) is 9.18 Å². The van der Waals surface area contributed by atoms with Gasteiger partial charge in [0.05, 0.1) is 85.3 Å². The van der Waals surface area contributed by atoms with E-state index in [2.05, 4.69) is 5.32 Å². The predicted molar refractivity (Wildman–Crippen MR) is 272 cm³/mol. The number of likely N-dealkylation sites (N-methyl/N-ethyl adjacent to an activating group) is 1. The average Bonchev–Trinajstić information content (AvgIpc) is 3.74. The number of cyclic esters (lactones) is 2. The van der Waals surface area contributed by atoms with Crippen LogP contribution in [-0.4, -0.2) is 205 Å². The lowest BCUT2D eigenvalue weighted by Crippen LogP contribution is -2.61. The molecule has 21 nitrogen and oxygen atoms in total. The van der Waals surface area contributed by atoms with Gasteiger partial charge in [0.15, 0.2) is 12.6 Å². The van der Waals surface area contributed by atoms with Crippen LogP contribution in [0.5, 0.6) is 0 Å². The fourth-order valence-electron chi connectivity index (χ4n) is 11.2. The Hall–Kier alpha value is -3.65. The Morgan fingerprint density at radius 3 is 2.16 bits per heavy atom. The third-order valence-corrected chi connectivity index (χ3v) is 15.9. The number of hydrogen-bond acceptors (Lipinski definition) is 19. The number of rotatable bonds is 11. The van der Waals surface area contributed by atoms with Crippen LogP contribution in [0.25, 0.3) is 0 Å². The predicted octanol–water partition coefficient (Wildman–Crippen LogP) is 2.91. The number of benzene rings is 1. The molecule has 0 bridgehead atoms. The fourth-order valence-corrected chi connectivity index (χ4v) is 11.2. The number of ketones is 1. The number of ether oxygens (including phenoxy) is 8. The smallest absolute Gasteiger partial charge is 0.414 e. The number of aliphatic hydroxyl groups is 5. The lowest BCUT2D eigenvalue weighted by Gasteiger charge is -2.49. The second kappa shape index (κ2) is 25.9. The molecule has 0 aromatic heterocycles. The van der Waals surface area contributed by atoms with Crippen LogP contribution in [0, 0.1) is 29.5 Å². The van der Waals surface area contributed by atoms with Crippen molar-refractivity contribution in [2.45, 2.75) is 192 Å². The highest BCUT2D eigenvalue weighted by atomic mass is 19.1. The zero-order valence-electron chi connectivity index (χ0n) is 46.4. The first-order valence-corrected chi connectivity index (χ1v) is 26.4. The summed E-state index contributed by atoms with van der Waals surface area (Å²) in [6, 6.07) is 4.39. The highest BCUT2D eigenvalue weighted by Gasteiger charge is 2.53. The zero-order chi connectivity index (χ0) is 56.1. The Morgan fingerprint density at radius 1 is 0.920 bits per heavy atom. The first-order valence-electron chi connectivity index (χ1n) is 26.4. The minimum Gasteiger partial charge on any atom is -0.459 e. The van der Waals surface area contributed by atoms with E-state index in [1.165, 1.54) is 45.8 Å². The van der Waals surface area contributed by atoms with E-state index >= 15 is 0 Å². The zero-order valence-corrected chi connectivity index (χ0v) is 46.4. The van der Waals surface area contributed by atoms with E-state index in [-0.39, 0.29) is 56.2 Å². The molecule has 6 rings (SSSR count). The number of halogens is 1. The van der Waals surface area contributed by atoms with Gasteiger partial charge in [-0.15, -0.1) is 0 Å². The Bertz CT molecular complexity index is 2080. The molecular weight excluding hydrogens is 984 g/mol. The van der Waals surface area contributed by atoms with Crippen LogP contribution in [0.4, 0.5) is 20.6 Å². The summed E-state index contributed by atoms with van der Waals surface area (Å²) in [5, 5.41) is 60.2. The molecule has 5 saturated heterocycles. The molecule has 428 valence electrons. The van der Waals surface area contributed by atoms with Crippen molar-refractivity contribution < 1.29 is 87.0 Å². The normalized spacial score (nSPS) is 40.5. The molecule has 5 fully saturated rings. The summed E-state index contributed by atoms with van der Waals surface area (Å²) in [6.07, 6.45) is -10.7. The van der Waals surface area contributed by atoms with Crippen molar-refractivity contribution in [3.8, 4) is 0 Å². The number of nitrogens with zero attached hydrogens (tertiary/aromatic N) is 3. The van der Waals surface area contributed by atoms with Crippen molar-refractivity contribution in [2.75, 3.05) is 70.4 Å². The molecule has 0 unspecified atom stereocenters. The fraction of sp³-hybridized carbons (Fsp3) is 0.811. The van der Waals surface area contributed by atoms with Crippen LogP contribution < -0.4 is 15.1 Å². The maximum atomic E-state index is 14.4. The molecule has 6 N–H and O–H groups in total. The Balaban J connectivity index is 0.000000358. The van der Waals surface area contributed by atoms with Crippen molar-refractivity contribution in [3.63, 3.8) is 0 Å². The SMILES string of the molecule is CC(=O)NC[C@H]1CN(c2ccc(N3CCOCC3)c(F)c2)C(=O)O1.CC[C@H]1OC(=O)[C@H](C)[C@@H](O[C@H]2C[C@@](C)(OC)[C@@H](O)[C@H](C)O2)[C@H](C)[C@@H](O[C@@H]2O[C@H](C)C[C@H](N(C)C)[C@H]2O)[C@](C)(O)C[C@@H](C)C(=O)[C@H](C)[C@@H](O)[C@]1(C)O. The lowest BCUT2D eigenvalue weighted by atomic mass is 9.74. The maximum Gasteiger partial charge on any atom is 0.414 e. The lowest BCUT2D eigenvalue weighted by molar-refractivity contribution is -0.318. The summed E-state index contributed by atoms with van der Waals surface area (Å²) in [4.78, 5) is 56.0. The summed E-state index contributed by atoms with van der Waals surface area (Å²) >= 11 is 0. The van der Waals surface area contributed by atoms with Crippen molar-refractivity contribution in [1.29, 1.82) is 0 Å². The molecule has 0 aliphatic carbocycles. The third-order valence-electron chi connectivity index (χ3n) is 15.9. The second-order valence-electron chi connectivity index (χ2n) is 22.3. The van der Waals surface area contributed by atoms with Crippen molar-refractivity contribution in [3.05, 3.63) is 24.0 Å². The highest BCUT2D eigenvalue weighted by Crippen LogP contribution is 2.41. The van der Waals surface area contributed by atoms with Crippen LogP contribution in [0.15, 0.2) is 18.2 Å². The number of aliphatic hydroxyl groups excluding tert-OH is 3. The second-order valence-corrected chi connectivity index (χ2v) is 22.3. The van der Waals surface area contributed by atoms with Gasteiger partial charge in [-0.1, -0.05) is 27.7 Å².